The largest absolute Gasteiger partial charge is 0.434 e. The predicted octanol–water partition coefficient (Wildman–Crippen LogP) is 3.26. The molecule has 0 aliphatic carbocycles. The molecular weight excluding hydrogens is 299 g/mol. The topological polar surface area (TPSA) is 30.7 Å². The lowest BCUT2D eigenvalue weighted by molar-refractivity contribution is -0.140. The average molecular weight is 306 g/mol. The van der Waals surface area contributed by atoms with Crippen molar-refractivity contribution in [3.8, 4) is 11.5 Å². The molecule has 0 N–H and O–H groups in total. The molecule has 0 saturated heterocycles. The summed E-state index contributed by atoms with van der Waals surface area (Å²) in [6.45, 7) is 0. The summed E-state index contributed by atoms with van der Waals surface area (Å²) in [4.78, 5) is 7.55. The Kier molecular flexibility index (Phi) is 2.94. The van der Waals surface area contributed by atoms with Crippen LogP contribution in [0.25, 0.3) is 11.5 Å². The van der Waals surface area contributed by atoms with E-state index in [-0.39, 0.29) is 5.82 Å². The van der Waals surface area contributed by atoms with E-state index in [1.807, 2.05) is 0 Å². The van der Waals surface area contributed by atoms with Crippen LogP contribution in [0, 0.1) is 0 Å². The monoisotopic (exact) mass is 305 g/mol. The lowest BCUT2D eigenvalue weighted by Gasteiger charge is -2.00. The van der Waals surface area contributed by atoms with Crippen molar-refractivity contribution in [3.05, 3.63) is 34.7 Å². The van der Waals surface area contributed by atoms with E-state index >= 15 is 0 Å². The second-order valence-electron chi connectivity index (χ2n) is 3.42. The van der Waals surface area contributed by atoms with Crippen LogP contribution in [-0.4, -0.2) is 14.5 Å². The zero-order valence-corrected chi connectivity index (χ0v) is 10.2. The zero-order chi connectivity index (χ0) is 12.6. The van der Waals surface area contributed by atoms with Crippen LogP contribution in [0.5, 0.6) is 0 Å². The smallest absolute Gasteiger partial charge is 0.332 e. The van der Waals surface area contributed by atoms with Gasteiger partial charge in [-0.15, -0.1) is 0 Å². The van der Waals surface area contributed by atoms with Crippen molar-refractivity contribution in [2.24, 2.45) is 7.05 Å². The third kappa shape index (κ3) is 2.49. The van der Waals surface area contributed by atoms with Gasteiger partial charge in [-0.05, 0) is 28.1 Å². The maximum absolute atomic E-state index is 12.5. The van der Waals surface area contributed by atoms with E-state index < -0.39 is 11.9 Å². The van der Waals surface area contributed by atoms with E-state index in [0.717, 1.165) is 10.7 Å². The highest BCUT2D eigenvalue weighted by atomic mass is 79.9. The molecule has 7 heteroatoms. The van der Waals surface area contributed by atoms with Gasteiger partial charge in [-0.3, -0.25) is 4.98 Å². The molecule has 2 heterocycles. The number of alkyl halides is 3. The summed E-state index contributed by atoms with van der Waals surface area (Å²) < 4.78 is 39.4. The molecule has 2 aromatic heterocycles. The quantitative estimate of drug-likeness (QED) is 0.809. The molecule has 0 aliphatic heterocycles. The van der Waals surface area contributed by atoms with E-state index in [1.165, 1.54) is 17.8 Å². The fourth-order valence-electron chi connectivity index (χ4n) is 1.35. The molecule has 0 bridgehead atoms. The Labute approximate surface area is 103 Å². The van der Waals surface area contributed by atoms with Crippen molar-refractivity contribution in [2.45, 2.75) is 6.18 Å². The lowest BCUT2D eigenvalue weighted by Crippen LogP contribution is -2.04. The van der Waals surface area contributed by atoms with Crippen molar-refractivity contribution < 1.29 is 13.2 Å². The van der Waals surface area contributed by atoms with Crippen molar-refractivity contribution >= 4 is 15.9 Å². The Hall–Kier alpha value is -1.37. The van der Waals surface area contributed by atoms with Crippen molar-refractivity contribution in [1.82, 2.24) is 14.5 Å². The normalized spacial score (nSPS) is 11.8. The second-order valence-corrected chi connectivity index (χ2v) is 4.34. The standard InChI is InChI=1S/C10H7BrF3N3/c1-17-5-8(10(12,13)14)16-9(17)7-3-2-6(11)4-15-7/h2-5H,1H3. The summed E-state index contributed by atoms with van der Waals surface area (Å²) in [5, 5.41) is 0. The van der Waals surface area contributed by atoms with Crippen LogP contribution in [0.2, 0.25) is 0 Å². The van der Waals surface area contributed by atoms with Crippen LogP contribution in [-0.2, 0) is 13.2 Å². The number of halogens is 4. The van der Waals surface area contributed by atoms with Gasteiger partial charge in [0.2, 0.25) is 0 Å². The van der Waals surface area contributed by atoms with Crippen LogP contribution in [0.4, 0.5) is 13.2 Å². The molecule has 0 amide bonds. The number of hydrogen-bond donors (Lipinski definition) is 0. The van der Waals surface area contributed by atoms with Gasteiger partial charge >= 0.3 is 6.18 Å². The Morgan fingerprint density at radius 2 is 2.00 bits per heavy atom. The fraction of sp³-hybridized carbons (Fsp3) is 0.200. The molecule has 0 atom stereocenters. The number of aromatic nitrogens is 3. The van der Waals surface area contributed by atoms with E-state index in [2.05, 4.69) is 25.9 Å². The van der Waals surface area contributed by atoms with Gasteiger partial charge < -0.3 is 4.57 Å². The number of pyridine rings is 1. The molecule has 2 aromatic rings. The van der Waals surface area contributed by atoms with Crippen LogP contribution < -0.4 is 0 Å². The van der Waals surface area contributed by atoms with Crippen molar-refractivity contribution in [3.63, 3.8) is 0 Å². The van der Waals surface area contributed by atoms with Gasteiger partial charge in [0.15, 0.2) is 11.5 Å². The molecule has 17 heavy (non-hydrogen) atoms. The molecule has 0 spiro atoms. The Bertz CT molecular complexity index is 531. The minimum absolute atomic E-state index is 0.185. The van der Waals surface area contributed by atoms with Crippen LogP contribution in [0.3, 0.4) is 0 Å². The van der Waals surface area contributed by atoms with Crippen molar-refractivity contribution in [1.29, 1.82) is 0 Å². The molecule has 2 rings (SSSR count). The first-order chi connectivity index (χ1) is 7.88. The van der Waals surface area contributed by atoms with Gasteiger partial charge in [-0.2, -0.15) is 13.2 Å². The summed E-state index contributed by atoms with van der Waals surface area (Å²) in [5.41, 5.74) is -0.522. The fourth-order valence-corrected chi connectivity index (χ4v) is 1.58. The number of nitrogens with zero attached hydrogens (tertiary/aromatic N) is 3. The molecule has 3 nitrogen and oxygen atoms in total. The van der Waals surface area contributed by atoms with E-state index in [4.69, 9.17) is 0 Å². The van der Waals surface area contributed by atoms with Gasteiger partial charge in [0.25, 0.3) is 0 Å². The van der Waals surface area contributed by atoms with Crippen molar-refractivity contribution in [2.75, 3.05) is 0 Å². The van der Waals surface area contributed by atoms with Crippen LogP contribution in [0.15, 0.2) is 29.0 Å². The Balaban J connectivity index is 2.46. The highest BCUT2D eigenvalue weighted by Gasteiger charge is 2.34. The van der Waals surface area contributed by atoms with Crippen LogP contribution >= 0.6 is 15.9 Å². The highest BCUT2D eigenvalue weighted by molar-refractivity contribution is 9.10. The summed E-state index contributed by atoms with van der Waals surface area (Å²) in [6.07, 6.45) is -1.98. The van der Waals surface area contributed by atoms with E-state index in [0.29, 0.717) is 5.69 Å². The minimum Gasteiger partial charge on any atom is -0.332 e. The van der Waals surface area contributed by atoms with Gasteiger partial charge in [-0.25, -0.2) is 4.98 Å². The first kappa shape index (κ1) is 12.1. The third-order valence-electron chi connectivity index (χ3n) is 2.12. The first-order valence-corrected chi connectivity index (χ1v) is 5.39. The average Bonchev–Trinajstić information content (AvgIpc) is 2.61. The number of imidazole rings is 1. The maximum atomic E-state index is 12.5. The summed E-state index contributed by atoms with van der Waals surface area (Å²) >= 11 is 3.20. The second kappa shape index (κ2) is 4.14. The number of aryl methyl sites for hydroxylation is 1. The number of rotatable bonds is 1. The minimum atomic E-state index is -4.44. The van der Waals surface area contributed by atoms with Gasteiger partial charge in [0.05, 0.1) is 0 Å². The first-order valence-electron chi connectivity index (χ1n) is 4.60. The maximum Gasteiger partial charge on any atom is 0.434 e. The highest BCUT2D eigenvalue weighted by Crippen LogP contribution is 2.30. The summed E-state index contributed by atoms with van der Waals surface area (Å²) in [6, 6.07) is 3.30. The molecule has 0 aromatic carbocycles. The molecule has 0 saturated carbocycles. The zero-order valence-electron chi connectivity index (χ0n) is 8.66. The summed E-state index contributed by atoms with van der Waals surface area (Å²) in [7, 11) is 1.50. The van der Waals surface area contributed by atoms with Crippen LogP contribution in [0.1, 0.15) is 5.69 Å². The molecule has 0 aliphatic rings. The van der Waals surface area contributed by atoms with Gasteiger partial charge in [0, 0.05) is 23.9 Å². The predicted molar refractivity (Wildman–Crippen MR) is 59.1 cm³/mol. The Morgan fingerprint density at radius 3 is 2.47 bits per heavy atom. The van der Waals surface area contributed by atoms with Gasteiger partial charge in [-0.1, -0.05) is 0 Å². The molecule has 0 fully saturated rings. The SMILES string of the molecule is Cn1cc(C(F)(F)F)nc1-c1ccc(Br)cn1. The molecule has 0 radical (unpaired) electrons. The van der Waals surface area contributed by atoms with E-state index in [9.17, 15) is 13.2 Å². The van der Waals surface area contributed by atoms with Gasteiger partial charge in [0.1, 0.15) is 5.69 Å². The molecule has 0 unspecified atom stereocenters. The summed E-state index contributed by atoms with van der Waals surface area (Å²) in [5.74, 6) is 0.185. The Morgan fingerprint density at radius 1 is 1.29 bits per heavy atom. The van der Waals surface area contributed by atoms with E-state index in [1.54, 1.807) is 12.1 Å². The number of hydrogen-bond acceptors (Lipinski definition) is 2. The molecule has 90 valence electrons. The third-order valence-corrected chi connectivity index (χ3v) is 2.59. The lowest BCUT2D eigenvalue weighted by atomic mass is 10.3. The molecular formula is C10H7BrF3N3.